The summed E-state index contributed by atoms with van der Waals surface area (Å²) in [5.74, 6) is -0.136. The molecule has 8 nitrogen and oxygen atoms in total. The summed E-state index contributed by atoms with van der Waals surface area (Å²) in [7, 11) is 0. The highest BCUT2D eigenvalue weighted by atomic mass is 35.5. The van der Waals surface area contributed by atoms with Gasteiger partial charge in [-0.3, -0.25) is 4.79 Å². The molecule has 1 aliphatic heterocycles. The van der Waals surface area contributed by atoms with Crippen molar-refractivity contribution in [2.75, 3.05) is 31.1 Å². The van der Waals surface area contributed by atoms with Crippen LogP contribution in [-0.4, -0.2) is 64.9 Å². The maximum absolute atomic E-state index is 13.5. The zero-order chi connectivity index (χ0) is 25.0. The molecule has 2 aromatic carbocycles. The molecule has 0 aliphatic carbocycles. The van der Waals surface area contributed by atoms with Crippen LogP contribution in [0.3, 0.4) is 0 Å². The number of amides is 2. The highest BCUT2D eigenvalue weighted by molar-refractivity contribution is 6.30. The normalized spacial score (nSPS) is 15.1. The molecule has 35 heavy (non-hydrogen) atoms. The molecule has 4 rings (SSSR count). The van der Waals surface area contributed by atoms with Gasteiger partial charge in [-0.2, -0.15) is 10.2 Å². The lowest BCUT2D eigenvalue weighted by atomic mass is 10.0. The minimum atomic E-state index is -0.749. The molecule has 0 saturated carbocycles. The van der Waals surface area contributed by atoms with Crippen molar-refractivity contribution in [2.45, 2.75) is 38.8 Å². The van der Waals surface area contributed by atoms with E-state index < -0.39 is 17.7 Å². The molecular weight excluding hydrogens is 466 g/mol. The number of alkyl carbamates (subject to hydrolysis) is 1. The van der Waals surface area contributed by atoms with Gasteiger partial charge < -0.3 is 19.9 Å². The summed E-state index contributed by atoms with van der Waals surface area (Å²) in [5, 5.41) is 12.8. The molecule has 0 radical (unpaired) electrons. The molecule has 1 unspecified atom stereocenters. The maximum Gasteiger partial charge on any atom is 0.408 e. The predicted molar refractivity (Wildman–Crippen MR) is 137 cm³/mol. The summed E-state index contributed by atoms with van der Waals surface area (Å²) in [5.41, 5.74) is 2.09. The van der Waals surface area contributed by atoms with Gasteiger partial charge in [0, 0.05) is 43.0 Å². The van der Waals surface area contributed by atoms with Crippen LogP contribution in [0.4, 0.5) is 10.5 Å². The van der Waals surface area contributed by atoms with Gasteiger partial charge in [0.05, 0.1) is 17.4 Å². The molecule has 2 amide bonds. The van der Waals surface area contributed by atoms with Gasteiger partial charge in [0.25, 0.3) is 0 Å². The fourth-order valence-corrected chi connectivity index (χ4v) is 4.26. The predicted octanol–water partition coefficient (Wildman–Crippen LogP) is 4.07. The number of halogens is 1. The number of nitrogens with one attached hydrogen (secondary N) is 1. The third-order valence-corrected chi connectivity index (χ3v) is 6.05. The molecule has 1 aliphatic rings. The SMILES string of the molecule is CC(C)(C)OC(=O)NC(Cc1ccc(Cl)cc1)C(=O)N1CCN(c2cnnc3ccccc23)CC1. The highest BCUT2D eigenvalue weighted by Crippen LogP contribution is 2.25. The number of ether oxygens (including phenoxy) is 1. The maximum atomic E-state index is 13.5. The van der Waals surface area contributed by atoms with Crippen LogP contribution in [0.1, 0.15) is 26.3 Å². The standard InChI is InChI=1S/C26H30ClN5O3/c1-26(2,3)35-25(34)29-22(16-18-8-10-19(27)11-9-18)24(33)32-14-12-31(13-15-32)23-17-28-30-21-7-5-4-6-20(21)23/h4-11,17,22H,12-16H2,1-3H3,(H,29,34). The topological polar surface area (TPSA) is 87.7 Å². The van der Waals surface area contributed by atoms with E-state index in [0.29, 0.717) is 37.6 Å². The molecule has 1 saturated heterocycles. The van der Waals surface area contributed by atoms with Crippen LogP contribution in [-0.2, 0) is 16.0 Å². The lowest BCUT2D eigenvalue weighted by Crippen LogP contribution is -2.56. The first-order valence-corrected chi connectivity index (χ1v) is 12.1. The van der Waals surface area contributed by atoms with Gasteiger partial charge >= 0.3 is 6.09 Å². The van der Waals surface area contributed by atoms with E-state index in [2.05, 4.69) is 20.4 Å². The number of anilines is 1. The lowest BCUT2D eigenvalue weighted by molar-refractivity contribution is -0.133. The van der Waals surface area contributed by atoms with Gasteiger partial charge in [-0.15, -0.1) is 0 Å². The summed E-state index contributed by atoms with van der Waals surface area (Å²) in [6.45, 7) is 7.74. The Balaban J connectivity index is 1.46. The minimum Gasteiger partial charge on any atom is -0.444 e. The smallest absolute Gasteiger partial charge is 0.408 e. The Kier molecular flexibility index (Phi) is 7.40. The van der Waals surface area contributed by atoms with E-state index in [1.54, 1.807) is 44.0 Å². The third kappa shape index (κ3) is 6.39. The second kappa shape index (κ2) is 10.5. The van der Waals surface area contributed by atoms with Crippen molar-refractivity contribution < 1.29 is 14.3 Å². The van der Waals surface area contributed by atoms with Crippen LogP contribution in [0.15, 0.2) is 54.7 Å². The second-order valence-electron chi connectivity index (χ2n) is 9.59. The van der Waals surface area contributed by atoms with Gasteiger partial charge in [-0.05, 0) is 44.5 Å². The van der Waals surface area contributed by atoms with Gasteiger partial charge in [0.2, 0.25) is 5.91 Å². The Hall–Kier alpha value is -3.39. The number of piperazine rings is 1. The molecule has 1 N–H and O–H groups in total. The van der Waals surface area contributed by atoms with Crippen LogP contribution in [0.25, 0.3) is 10.9 Å². The Labute approximate surface area is 210 Å². The summed E-state index contributed by atoms with van der Waals surface area (Å²) in [6, 6.07) is 14.4. The summed E-state index contributed by atoms with van der Waals surface area (Å²) in [4.78, 5) is 30.0. The fourth-order valence-electron chi connectivity index (χ4n) is 4.14. The Morgan fingerprint density at radius 1 is 1.06 bits per heavy atom. The first-order chi connectivity index (χ1) is 16.7. The number of hydrogen-bond donors (Lipinski definition) is 1. The van der Waals surface area contributed by atoms with Gasteiger partial charge in [0.1, 0.15) is 11.6 Å². The van der Waals surface area contributed by atoms with Crippen molar-refractivity contribution in [1.29, 1.82) is 0 Å². The summed E-state index contributed by atoms with van der Waals surface area (Å²) < 4.78 is 5.42. The molecule has 9 heteroatoms. The molecule has 2 heterocycles. The van der Waals surface area contributed by atoms with Gasteiger partial charge in [-0.1, -0.05) is 41.9 Å². The first kappa shape index (κ1) is 24.7. The largest absolute Gasteiger partial charge is 0.444 e. The van der Waals surface area contributed by atoms with E-state index in [4.69, 9.17) is 16.3 Å². The summed E-state index contributed by atoms with van der Waals surface area (Å²) >= 11 is 6.01. The van der Waals surface area contributed by atoms with Crippen molar-refractivity contribution in [3.8, 4) is 0 Å². The Bertz CT molecular complexity index is 1180. The molecule has 3 aromatic rings. The van der Waals surface area contributed by atoms with E-state index in [1.807, 2.05) is 36.4 Å². The zero-order valence-corrected chi connectivity index (χ0v) is 21.0. The quantitative estimate of drug-likeness (QED) is 0.574. The van der Waals surface area contributed by atoms with Crippen molar-refractivity contribution in [3.05, 3.63) is 65.3 Å². The molecular formula is C26H30ClN5O3. The number of rotatable bonds is 5. The number of carbonyl (C=O) groups excluding carboxylic acids is 2. The number of benzene rings is 2. The highest BCUT2D eigenvalue weighted by Gasteiger charge is 2.31. The van der Waals surface area contributed by atoms with Crippen molar-refractivity contribution in [2.24, 2.45) is 0 Å². The first-order valence-electron chi connectivity index (χ1n) is 11.7. The number of carbonyl (C=O) groups is 2. The number of aromatic nitrogens is 2. The monoisotopic (exact) mass is 495 g/mol. The van der Waals surface area contributed by atoms with E-state index in [0.717, 1.165) is 22.2 Å². The molecule has 1 aromatic heterocycles. The molecule has 0 bridgehead atoms. The average Bonchev–Trinajstić information content (AvgIpc) is 2.83. The van der Waals surface area contributed by atoms with Crippen LogP contribution >= 0.6 is 11.6 Å². The van der Waals surface area contributed by atoms with E-state index in [9.17, 15) is 9.59 Å². The second-order valence-corrected chi connectivity index (χ2v) is 10.0. The number of hydrogen-bond acceptors (Lipinski definition) is 6. The van der Waals surface area contributed by atoms with Gasteiger partial charge in [0.15, 0.2) is 0 Å². The van der Waals surface area contributed by atoms with Crippen LogP contribution in [0, 0.1) is 0 Å². The molecule has 0 spiro atoms. The van der Waals surface area contributed by atoms with E-state index in [1.165, 1.54) is 0 Å². The average molecular weight is 496 g/mol. The third-order valence-electron chi connectivity index (χ3n) is 5.80. The van der Waals surface area contributed by atoms with E-state index in [-0.39, 0.29) is 5.91 Å². The molecule has 184 valence electrons. The minimum absolute atomic E-state index is 0.136. The summed E-state index contributed by atoms with van der Waals surface area (Å²) in [6.07, 6.45) is 1.50. The van der Waals surface area contributed by atoms with Gasteiger partial charge in [-0.25, -0.2) is 4.79 Å². The van der Waals surface area contributed by atoms with Crippen LogP contribution in [0.5, 0.6) is 0 Å². The molecule has 1 atom stereocenters. The Morgan fingerprint density at radius 3 is 2.43 bits per heavy atom. The number of nitrogens with zero attached hydrogens (tertiary/aromatic N) is 4. The molecule has 1 fully saturated rings. The van der Waals surface area contributed by atoms with Crippen molar-refractivity contribution >= 4 is 40.2 Å². The van der Waals surface area contributed by atoms with Crippen molar-refractivity contribution in [1.82, 2.24) is 20.4 Å². The lowest BCUT2D eigenvalue weighted by Gasteiger charge is -2.38. The van der Waals surface area contributed by atoms with Crippen LogP contribution in [0.2, 0.25) is 5.02 Å². The number of fused-ring (bicyclic) bond motifs is 1. The zero-order valence-electron chi connectivity index (χ0n) is 20.2. The van der Waals surface area contributed by atoms with Crippen molar-refractivity contribution in [3.63, 3.8) is 0 Å². The van der Waals surface area contributed by atoms with Crippen LogP contribution < -0.4 is 10.2 Å². The Morgan fingerprint density at radius 2 is 1.74 bits per heavy atom. The van der Waals surface area contributed by atoms with E-state index >= 15 is 0 Å². The fraction of sp³-hybridized carbons (Fsp3) is 0.385.